The van der Waals surface area contributed by atoms with Crippen LogP contribution in [0.1, 0.15) is 30.8 Å². The average Bonchev–Trinajstić information content (AvgIpc) is 2.47. The van der Waals surface area contributed by atoms with Crippen molar-refractivity contribution in [3.63, 3.8) is 0 Å². The Balaban J connectivity index is 0.000000741. The van der Waals surface area contributed by atoms with E-state index in [1.54, 1.807) is 0 Å². The van der Waals surface area contributed by atoms with Crippen LogP contribution in [-0.2, 0) is 0 Å². The minimum absolute atomic E-state index is 0.818. The van der Waals surface area contributed by atoms with Crippen LogP contribution in [0.15, 0.2) is 30.5 Å². The molecule has 1 aromatic heterocycles. The minimum atomic E-state index is 0.818. The van der Waals surface area contributed by atoms with E-state index in [4.69, 9.17) is 0 Å². The van der Waals surface area contributed by atoms with E-state index in [9.17, 15) is 0 Å². The van der Waals surface area contributed by atoms with Gasteiger partial charge in [-0.25, -0.2) is 9.97 Å². The standard InChI is InChI=1S/C13H14N2.C2H6.I2/c1-9-6-4-5-7-12(9)13-10(2)8-14-11(3)15-13;2*1-2/h4-8H,1-3H3;1-2H3;. The molecule has 1 heterocycles. The Bertz CT molecular complexity index is 499. The first-order valence-electron chi connectivity index (χ1n) is 6.19. The van der Waals surface area contributed by atoms with Crippen LogP contribution in [-0.4, -0.2) is 9.97 Å². The first-order chi connectivity index (χ1) is 9.18. The van der Waals surface area contributed by atoms with E-state index in [0.717, 1.165) is 17.1 Å². The van der Waals surface area contributed by atoms with Crippen LogP contribution in [0.4, 0.5) is 0 Å². The highest BCUT2D eigenvalue weighted by molar-refractivity contribution is 15.0. The zero-order valence-electron chi connectivity index (χ0n) is 12.0. The molecular formula is C15H20I2N2. The molecule has 0 aliphatic rings. The lowest BCUT2D eigenvalue weighted by Crippen LogP contribution is -1.95. The molecule has 0 radical (unpaired) electrons. The average molecular weight is 482 g/mol. The van der Waals surface area contributed by atoms with Gasteiger partial charge in [-0.3, -0.25) is 0 Å². The van der Waals surface area contributed by atoms with Gasteiger partial charge in [0.15, 0.2) is 0 Å². The monoisotopic (exact) mass is 482 g/mol. The summed E-state index contributed by atoms with van der Waals surface area (Å²) in [5.74, 6) is 0.818. The maximum Gasteiger partial charge on any atom is 0.125 e. The fourth-order valence-corrected chi connectivity index (χ4v) is 1.64. The van der Waals surface area contributed by atoms with Crippen molar-refractivity contribution in [2.45, 2.75) is 34.6 Å². The van der Waals surface area contributed by atoms with Crippen LogP contribution >= 0.6 is 37.2 Å². The van der Waals surface area contributed by atoms with E-state index in [2.05, 4.69) is 66.3 Å². The Morgan fingerprint density at radius 1 is 0.895 bits per heavy atom. The van der Waals surface area contributed by atoms with E-state index in [-0.39, 0.29) is 0 Å². The van der Waals surface area contributed by atoms with Gasteiger partial charge < -0.3 is 0 Å². The van der Waals surface area contributed by atoms with Crippen LogP contribution in [0.5, 0.6) is 0 Å². The fraction of sp³-hybridized carbons (Fsp3) is 0.333. The quantitative estimate of drug-likeness (QED) is 0.476. The van der Waals surface area contributed by atoms with Gasteiger partial charge in [-0.1, -0.05) is 38.1 Å². The highest BCUT2D eigenvalue weighted by atomic mass is 128. The molecule has 0 aliphatic carbocycles. The van der Waals surface area contributed by atoms with Crippen molar-refractivity contribution in [1.29, 1.82) is 0 Å². The molecule has 0 bridgehead atoms. The molecule has 0 unspecified atom stereocenters. The van der Waals surface area contributed by atoms with Gasteiger partial charge in [0, 0.05) is 49.0 Å². The Hall–Kier alpha value is -0.240. The third-order valence-corrected chi connectivity index (χ3v) is 2.49. The van der Waals surface area contributed by atoms with Gasteiger partial charge in [0.05, 0.1) is 5.69 Å². The summed E-state index contributed by atoms with van der Waals surface area (Å²) in [6.45, 7) is 10.1. The van der Waals surface area contributed by atoms with Gasteiger partial charge in [0.1, 0.15) is 5.82 Å². The summed E-state index contributed by atoms with van der Waals surface area (Å²) in [7, 11) is 0. The maximum absolute atomic E-state index is 4.49. The second-order valence-corrected chi connectivity index (χ2v) is 3.76. The van der Waals surface area contributed by atoms with Crippen molar-refractivity contribution in [2.24, 2.45) is 0 Å². The number of benzene rings is 1. The molecule has 0 spiro atoms. The molecule has 4 heteroatoms. The molecule has 2 aromatic rings. The van der Waals surface area contributed by atoms with Crippen LogP contribution in [0.25, 0.3) is 11.3 Å². The number of halogens is 2. The number of hydrogen-bond acceptors (Lipinski definition) is 2. The molecule has 2 nitrogen and oxygen atoms in total. The van der Waals surface area contributed by atoms with Crippen molar-refractivity contribution in [2.75, 3.05) is 0 Å². The predicted molar refractivity (Wildman–Crippen MR) is 101 cm³/mol. The van der Waals surface area contributed by atoms with E-state index in [1.165, 1.54) is 11.1 Å². The number of aryl methyl sites for hydroxylation is 3. The first kappa shape index (κ1) is 18.8. The number of hydrogen-bond donors (Lipinski definition) is 0. The van der Waals surface area contributed by atoms with Gasteiger partial charge in [0.2, 0.25) is 0 Å². The number of aromatic nitrogens is 2. The highest BCUT2D eigenvalue weighted by Gasteiger charge is 2.06. The van der Waals surface area contributed by atoms with Gasteiger partial charge in [-0.15, -0.1) is 0 Å². The Morgan fingerprint density at radius 3 is 2.05 bits per heavy atom. The second kappa shape index (κ2) is 10.5. The molecule has 19 heavy (non-hydrogen) atoms. The van der Waals surface area contributed by atoms with Gasteiger partial charge in [-0.2, -0.15) is 0 Å². The van der Waals surface area contributed by atoms with E-state index >= 15 is 0 Å². The molecule has 2 rings (SSSR count). The third kappa shape index (κ3) is 5.72. The first-order valence-corrected chi connectivity index (χ1v) is 12.5. The lowest BCUT2D eigenvalue weighted by Gasteiger charge is -2.08. The lowest BCUT2D eigenvalue weighted by atomic mass is 10.0. The summed E-state index contributed by atoms with van der Waals surface area (Å²) in [6.07, 6.45) is 1.88. The maximum atomic E-state index is 4.49. The molecule has 0 N–H and O–H groups in total. The largest absolute Gasteiger partial charge is 0.241 e. The summed E-state index contributed by atoms with van der Waals surface area (Å²) >= 11 is 4.24. The topological polar surface area (TPSA) is 25.8 Å². The normalized spacial score (nSPS) is 8.79. The lowest BCUT2D eigenvalue weighted by molar-refractivity contribution is 1.04. The molecule has 0 atom stereocenters. The van der Waals surface area contributed by atoms with Crippen molar-refractivity contribution in [1.82, 2.24) is 9.97 Å². The van der Waals surface area contributed by atoms with Crippen molar-refractivity contribution in [3.8, 4) is 11.3 Å². The summed E-state index contributed by atoms with van der Waals surface area (Å²) in [5, 5.41) is 0. The van der Waals surface area contributed by atoms with Crippen LogP contribution in [0.2, 0.25) is 0 Å². The second-order valence-electron chi connectivity index (χ2n) is 3.76. The molecule has 0 fully saturated rings. The van der Waals surface area contributed by atoms with Crippen molar-refractivity contribution in [3.05, 3.63) is 47.4 Å². The van der Waals surface area contributed by atoms with Crippen molar-refractivity contribution >= 4 is 37.2 Å². The summed E-state index contributed by atoms with van der Waals surface area (Å²) < 4.78 is 0. The Kier molecular flexibility index (Phi) is 10.4. The Morgan fingerprint density at radius 2 is 1.47 bits per heavy atom. The van der Waals surface area contributed by atoms with E-state index < -0.39 is 0 Å². The molecule has 0 amide bonds. The molecule has 1 aromatic carbocycles. The van der Waals surface area contributed by atoms with Crippen LogP contribution in [0.3, 0.4) is 0 Å². The van der Waals surface area contributed by atoms with E-state index in [1.807, 2.05) is 46.0 Å². The number of nitrogens with zero attached hydrogens (tertiary/aromatic N) is 2. The smallest absolute Gasteiger partial charge is 0.125 e. The molecule has 0 saturated heterocycles. The summed E-state index contributed by atoms with van der Waals surface area (Å²) in [6, 6.07) is 8.29. The highest BCUT2D eigenvalue weighted by Crippen LogP contribution is 2.23. The molecule has 0 aliphatic heterocycles. The van der Waals surface area contributed by atoms with E-state index in [0.29, 0.717) is 0 Å². The van der Waals surface area contributed by atoms with Gasteiger partial charge in [0.25, 0.3) is 0 Å². The Labute approximate surface area is 139 Å². The van der Waals surface area contributed by atoms with Crippen LogP contribution in [0, 0.1) is 20.8 Å². The summed E-state index contributed by atoms with van der Waals surface area (Å²) in [4.78, 5) is 8.68. The van der Waals surface area contributed by atoms with Gasteiger partial charge in [-0.05, 0) is 31.9 Å². The zero-order chi connectivity index (χ0) is 14.8. The number of rotatable bonds is 1. The SMILES string of the molecule is CC.Cc1ncc(C)c(-c2ccccc2C)n1.II. The zero-order valence-corrected chi connectivity index (χ0v) is 16.4. The summed E-state index contributed by atoms with van der Waals surface area (Å²) in [5.41, 5.74) is 4.61. The molecule has 0 saturated carbocycles. The fourth-order valence-electron chi connectivity index (χ4n) is 1.64. The molecular weight excluding hydrogens is 462 g/mol. The van der Waals surface area contributed by atoms with Crippen molar-refractivity contribution < 1.29 is 0 Å². The van der Waals surface area contributed by atoms with Crippen LogP contribution < -0.4 is 0 Å². The minimum Gasteiger partial charge on any atom is -0.241 e. The predicted octanol–water partition coefficient (Wildman–Crippen LogP) is 5.87. The third-order valence-electron chi connectivity index (χ3n) is 2.49. The van der Waals surface area contributed by atoms with Gasteiger partial charge >= 0.3 is 0 Å². The molecule has 104 valence electrons.